The Morgan fingerprint density at radius 1 is 1.27 bits per heavy atom. The van der Waals surface area contributed by atoms with Crippen LogP contribution in [0.5, 0.6) is 0 Å². The molecule has 1 aliphatic carbocycles. The van der Waals surface area contributed by atoms with Crippen molar-refractivity contribution in [2.24, 2.45) is 5.92 Å². The van der Waals surface area contributed by atoms with E-state index >= 15 is 0 Å². The van der Waals surface area contributed by atoms with E-state index in [9.17, 15) is 9.90 Å². The molecule has 1 aliphatic rings. The number of aliphatic hydroxyl groups excluding tert-OH is 2. The highest BCUT2D eigenvalue weighted by atomic mass is 35.5. The van der Waals surface area contributed by atoms with Gasteiger partial charge in [-0.05, 0) is 36.5 Å². The van der Waals surface area contributed by atoms with Crippen LogP contribution in [-0.2, 0) is 0 Å². The normalized spacial score (nSPS) is 14.7. The van der Waals surface area contributed by atoms with Gasteiger partial charge >= 0.3 is 0 Å². The van der Waals surface area contributed by atoms with Gasteiger partial charge in [-0.2, -0.15) is 0 Å². The lowest BCUT2D eigenvalue weighted by molar-refractivity contribution is 0.111. The molecule has 2 N–H and O–H groups in total. The molecule has 0 spiro atoms. The van der Waals surface area contributed by atoms with Crippen LogP contribution in [-0.4, -0.2) is 33.6 Å². The van der Waals surface area contributed by atoms with Crippen LogP contribution in [0.4, 0.5) is 0 Å². The van der Waals surface area contributed by atoms with Gasteiger partial charge in [-0.25, -0.2) is 9.97 Å². The molecule has 6 heteroatoms. The first-order valence-corrected chi connectivity index (χ1v) is 7.26. The predicted octanol–water partition coefficient (Wildman–Crippen LogP) is 2.66. The number of halogens is 1. The van der Waals surface area contributed by atoms with Crippen molar-refractivity contribution in [2.75, 3.05) is 7.11 Å². The summed E-state index contributed by atoms with van der Waals surface area (Å²) in [5.41, 5.74) is 2.51. The van der Waals surface area contributed by atoms with E-state index in [2.05, 4.69) is 9.97 Å². The zero-order chi connectivity index (χ0) is 16.1. The topological polar surface area (TPSA) is 83.3 Å². The van der Waals surface area contributed by atoms with E-state index in [1.807, 2.05) is 12.1 Å². The summed E-state index contributed by atoms with van der Waals surface area (Å²) >= 11 is 6.25. The van der Waals surface area contributed by atoms with Crippen LogP contribution in [0, 0.1) is 5.92 Å². The number of hydrogen-bond donors (Lipinski definition) is 2. The summed E-state index contributed by atoms with van der Waals surface area (Å²) in [5, 5.41) is 17.6. The van der Waals surface area contributed by atoms with Gasteiger partial charge < -0.3 is 10.2 Å². The Kier molecular flexibility index (Phi) is 5.60. The summed E-state index contributed by atoms with van der Waals surface area (Å²) in [4.78, 5) is 18.7. The first kappa shape index (κ1) is 16.5. The third-order valence-electron chi connectivity index (χ3n) is 3.49. The van der Waals surface area contributed by atoms with Crippen molar-refractivity contribution in [1.29, 1.82) is 0 Å². The molecule has 3 rings (SSSR count). The smallest absolute Gasteiger partial charge is 0.168 e. The van der Waals surface area contributed by atoms with E-state index in [0.29, 0.717) is 28.6 Å². The van der Waals surface area contributed by atoms with Gasteiger partial charge in [0.2, 0.25) is 0 Å². The number of aromatic nitrogens is 2. The fourth-order valence-electron chi connectivity index (χ4n) is 2.19. The number of carbonyl (C=O) groups is 1. The predicted molar refractivity (Wildman–Crippen MR) is 83.7 cm³/mol. The Bertz CT molecular complexity index is 660. The van der Waals surface area contributed by atoms with Crippen molar-refractivity contribution in [1.82, 2.24) is 9.97 Å². The number of carbonyl (C=O) groups excluding carboxylic acids is 1. The average molecular weight is 321 g/mol. The van der Waals surface area contributed by atoms with E-state index in [1.54, 1.807) is 12.1 Å². The van der Waals surface area contributed by atoms with Crippen LogP contribution in [0.2, 0.25) is 5.02 Å². The molecule has 1 aromatic carbocycles. The SMILES string of the molecule is CO.O=Cc1cc(-c2ccc(C(O)C3CC3)c(Cl)c2)ncn1. The second kappa shape index (κ2) is 7.45. The molecule has 0 radical (unpaired) electrons. The van der Waals surface area contributed by atoms with Gasteiger partial charge in [0, 0.05) is 17.7 Å². The van der Waals surface area contributed by atoms with E-state index in [-0.39, 0.29) is 0 Å². The minimum absolute atomic E-state index is 0.327. The van der Waals surface area contributed by atoms with Gasteiger partial charge in [-0.15, -0.1) is 0 Å². The molecule has 1 unspecified atom stereocenters. The molecule has 0 amide bonds. The highest BCUT2D eigenvalue weighted by molar-refractivity contribution is 6.31. The van der Waals surface area contributed by atoms with Crippen LogP contribution in [0.3, 0.4) is 0 Å². The molecule has 1 fully saturated rings. The maximum atomic E-state index is 10.7. The zero-order valence-electron chi connectivity index (χ0n) is 12.1. The van der Waals surface area contributed by atoms with Crippen LogP contribution >= 0.6 is 11.6 Å². The Morgan fingerprint density at radius 3 is 2.59 bits per heavy atom. The molecule has 1 aromatic heterocycles. The highest BCUT2D eigenvalue weighted by Crippen LogP contribution is 2.43. The lowest BCUT2D eigenvalue weighted by atomic mass is 10.0. The lowest BCUT2D eigenvalue weighted by Gasteiger charge is -2.12. The van der Waals surface area contributed by atoms with E-state index in [0.717, 1.165) is 31.1 Å². The summed E-state index contributed by atoms with van der Waals surface area (Å²) in [6, 6.07) is 7.04. The standard InChI is InChI=1S/C15H13ClN2O2.CH4O/c16-13-5-10(14-6-11(7-19)17-8-18-14)3-4-12(13)15(20)9-1-2-9;1-2/h3-9,15,20H,1-2H2;2H,1H3. The van der Waals surface area contributed by atoms with Gasteiger partial charge in [-0.1, -0.05) is 23.7 Å². The fourth-order valence-corrected chi connectivity index (χ4v) is 2.48. The molecule has 0 bridgehead atoms. The highest BCUT2D eigenvalue weighted by Gasteiger charge is 2.31. The first-order chi connectivity index (χ1) is 10.7. The molecule has 116 valence electrons. The quantitative estimate of drug-likeness (QED) is 0.846. The number of nitrogens with zero attached hydrogens (tertiary/aromatic N) is 2. The minimum atomic E-state index is -0.493. The van der Waals surface area contributed by atoms with Crippen LogP contribution in [0.15, 0.2) is 30.6 Å². The van der Waals surface area contributed by atoms with Crippen molar-refractivity contribution in [2.45, 2.75) is 18.9 Å². The third-order valence-corrected chi connectivity index (χ3v) is 3.82. The summed E-state index contributed by atoms with van der Waals surface area (Å²) in [6.45, 7) is 0. The molecular formula is C16H17ClN2O3. The van der Waals surface area contributed by atoms with Gasteiger partial charge in [-0.3, -0.25) is 4.79 Å². The summed E-state index contributed by atoms with van der Waals surface area (Å²) in [5.74, 6) is 0.332. The molecule has 1 saturated carbocycles. The fraction of sp³-hybridized carbons (Fsp3) is 0.312. The molecule has 1 atom stereocenters. The lowest BCUT2D eigenvalue weighted by Crippen LogP contribution is -2.00. The molecule has 22 heavy (non-hydrogen) atoms. The van der Waals surface area contributed by atoms with Gasteiger partial charge in [0.15, 0.2) is 6.29 Å². The first-order valence-electron chi connectivity index (χ1n) is 6.89. The van der Waals surface area contributed by atoms with Crippen molar-refractivity contribution >= 4 is 17.9 Å². The van der Waals surface area contributed by atoms with Crippen LogP contribution in [0.1, 0.15) is 35.0 Å². The molecule has 1 heterocycles. The zero-order valence-corrected chi connectivity index (χ0v) is 12.9. The molecule has 0 aliphatic heterocycles. The van der Waals surface area contributed by atoms with Gasteiger partial charge in [0.25, 0.3) is 0 Å². The second-order valence-electron chi connectivity index (χ2n) is 4.96. The summed E-state index contributed by atoms with van der Waals surface area (Å²) in [6.07, 6.45) is 3.63. The van der Waals surface area contributed by atoms with Crippen molar-refractivity contribution in [3.8, 4) is 11.3 Å². The maximum absolute atomic E-state index is 10.7. The number of benzene rings is 1. The third kappa shape index (κ3) is 3.68. The second-order valence-corrected chi connectivity index (χ2v) is 5.37. The number of rotatable bonds is 4. The molecule has 0 saturated heterocycles. The van der Waals surface area contributed by atoms with Crippen molar-refractivity contribution < 1.29 is 15.0 Å². The van der Waals surface area contributed by atoms with Gasteiger partial charge in [0.1, 0.15) is 12.0 Å². The molecule has 5 nitrogen and oxygen atoms in total. The maximum Gasteiger partial charge on any atom is 0.168 e. The number of aldehydes is 1. The number of aliphatic hydroxyl groups is 2. The monoisotopic (exact) mass is 320 g/mol. The van der Waals surface area contributed by atoms with E-state index in [4.69, 9.17) is 16.7 Å². The average Bonchev–Trinajstić information content (AvgIpc) is 3.41. The van der Waals surface area contributed by atoms with E-state index in [1.165, 1.54) is 6.33 Å². The Labute approximate surface area is 133 Å². The Morgan fingerprint density at radius 2 is 2.00 bits per heavy atom. The number of hydrogen-bond acceptors (Lipinski definition) is 5. The van der Waals surface area contributed by atoms with E-state index < -0.39 is 6.10 Å². The van der Waals surface area contributed by atoms with Crippen LogP contribution < -0.4 is 0 Å². The largest absolute Gasteiger partial charge is 0.400 e. The Hall–Kier alpha value is -1.82. The Balaban J connectivity index is 0.000000847. The molecular weight excluding hydrogens is 304 g/mol. The van der Waals surface area contributed by atoms with Crippen molar-refractivity contribution in [3.05, 3.63) is 46.9 Å². The van der Waals surface area contributed by atoms with Crippen molar-refractivity contribution in [3.63, 3.8) is 0 Å². The summed E-state index contributed by atoms with van der Waals surface area (Å²) < 4.78 is 0. The summed E-state index contributed by atoms with van der Waals surface area (Å²) in [7, 11) is 1.00. The minimum Gasteiger partial charge on any atom is -0.400 e. The molecule has 2 aromatic rings. The van der Waals surface area contributed by atoms with Gasteiger partial charge in [0.05, 0.1) is 11.8 Å². The van der Waals surface area contributed by atoms with Crippen LogP contribution in [0.25, 0.3) is 11.3 Å².